The number of aromatic nitrogens is 2. The molecule has 0 bridgehead atoms. The molecule has 1 fully saturated rings. The molecule has 1 amide bonds. The Balaban J connectivity index is 1.72. The van der Waals surface area contributed by atoms with Gasteiger partial charge in [-0.15, -0.1) is 0 Å². The van der Waals surface area contributed by atoms with Crippen LogP contribution in [-0.4, -0.2) is 54.1 Å². The molecule has 6 nitrogen and oxygen atoms in total. The Kier molecular flexibility index (Phi) is 5.72. The van der Waals surface area contributed by atoms with Crippen LogP contribution in [0.3, 0.4) is 0 Å². The SMILES string of the molecule is CN(C)c1nccnc1OC1CCCN(C(=O)c2ccccc2I)C1. The van der Waals surface area contributed by atoms with Gasteiger partial charge in [-0.25, -0.2) is 9.97 Å². The number of carbonyl (C=O) groups is 1. The van der Waals surface area contributed by atoms with Crippen LogP contribution in [0.5, 0.6) is 5.88 Å². The van der Waals surface area contributed by atoms with Gasteiger partial charge in [0.15, 0.2) is 5.82 Å². The fourth-order valence-electron chi connectivity index (χ4n) is 2.89. The monoisotopic (exact) mass is 452 g/mol. The number of likely N-dealkylation sites (tertiary alicyclic amines) is 1. The standard InChI is InChI=1S/C18H21IN4O2/c1-22(2)16-17(21-10-9-20-16)25-13-6-5-11-23(12-13)18(24)14-7-3-4-8-15(14)19/h3-4,7-10,13H,5-6,11-12H2,1-2H3. The van der Waals surface area contributed by atoms with E-state index in [2.05, 4.69) is 32.6 Å². The third-order valence-electron chi connectivity index (χ3n) is 4.12. The number of benzene rings is 1. The number of hydrogen-bond acceptors (Lipinski definition) is 5. The average molecular weight is 452 g/mol. The summed E-state index contributed by atoms with van der Waals surface area (Å²) >= 11 is 2.20. The van der Waals surface area contributed by atoms with Gasteiger partial charge in [-0.1, -0.05) is 12.1 Å². The van der Waals surface area contributed by atoms with Crippen LogP contribution in [0.4, 0.5) is 5.82 Å². The van der Waals surface area contributed by atoms with Gasteiger partial charge in [-0.05, 0) is 47.6 Å². The molecule has 1 aliphatic heterocycles. The first-order chi connectivity index (χ1) is 12.1. The van der Waals surface area contributed by atoms with Crippen LogP contribution in [0.15, 0.2) is 36.7 Å². The fraction of sp³-hybridized carbons (Fsp3) is 0.389. The molecule has 25 heavy (non-hydrogen) atoms. The molecule has 1 aromatic carbocycles. The lowest BCUT2D eigenvalue weighted by atomic mass is 10.1. The van der Waals surface area contributed by atoms with E-state index in [4.69, 9.17) is 4.74 Å². The molecule has 0 saturated carbocycles. The molecule has 2 aromatic rings. The molecule has 1 unspecified atom stereocenters. The molecule has 0 aliphatic carbocycles. The van der Waals surface area contributed by atoms with Crippen molar-refractivity contribution in [2.75, 3.05) is 32.1 Å². The highest BCUT2D eigenvalue weighted by atomic mass is 127. The molecule has 0 radical (unpaired) electrons. The Labute approximate surface area is 161 Å². The fourth-order valence-corrected chi connectivity index (χ4v) is 3.51. The van der Waals surface area contributed by atoms with E-state index in [9.17, 15) is 4.79 Å². The van der Waals surface area contributed by atoms with Crippen LogP contribution in [0.2, 0.25) is 0 Å². The lowest BCUT2D eigenvalue weighted by molar-refractivity contribution is 0.0527. The molecule has 1 atom stereocenters. The van der Waals surface area contributed by atoms with Gasteiger partial charge < -0.3 is 14.5 Å². The number of ether oxygens (including phenoxy) is 1. The summed E-state index contributed by atoms with van der Waals surface area (Å²) in [5.74, 6) is 1.27. The Hall–Kier alpha value is -1.90. The van der Waals surface area contributed by atoms with Crippen molar-refractivity contribution >= 4 is 34.3 Å². The van der Waals surface area contributed by atoms with Gasteiger partial charge in [0.1, 0.15) is 6.10 Å². The Morgan fingerprint density at radius 1 is 1.28 bits per heavy atom. The zero-order valence-electron chi connectivity index (χ0n) is 14.4. The maximum absolute atomic E-state index is 12.8. The van der Waals surface area contributed by atoms with Crippen molar-refractivity contribution in [3.05, 3.63) is 45.8 Å². The van der Waals surface area contributed by atoms with Crippen LogP contribution >= 0.6 is 22.6 Å². The van der Waals surface area contributed by atoms with E-state index in [1.54, 1.807) is 12.4 Å². The topological polar surface area (TPSA) is 58.6 Å². The quantitative estimate of drug-likeness (QED) is 0.668. The van der Waals surface area contributed by atoms with Crippen molar-refractivity contribution in [3.8, 4) is 5.88 Å². The van der Waals surface area contributed by atoms with Crippen LogP contribution < -0.4 is 9.64 Å². The van der Waals surface area contributed by atoms with Crippen LogP contribution in [0, 0.1) is 3.57 Å². The Morgan fingerprint density at radius 2 is 2.04 bits per heavy atom. The van der Waals surface area contributed by atoms with E-state index in [1.807, 2.05) is 48.2 Å². The highest BCUT2D eigenvalue weighted by molar-refractivity contribution is 14.1. The number of anilines is 1. The lowest BCUT2D eigenvalue weighted by Crippen LogP contribution is -2.44. The third kappa shape index (κ3) is 4.20. The number of hydrogen-bond donors (Lipinski definition) is 0. The van der Waals surface area contributed by atoms with Crippen molar-refractivity contribution in [1.29, 1.82) is 0 Å². The van der Waals surface area contributed by atoms with Crippen molar-refractivity contribution in [1.82, 2.24) is 14.9 Å². The molecular weight excluding hydrogens is 431 g/mol. The summed E-state index contributed by atoms with van der Waals surface area (Å²) < 4.78 is 7.05. The third-order valence-corrected chi connectivity index (χ3v) is 5.06. The molecule has 2 heterocycles. The lowest BCUT2D eigenvalue weighted by Gasteiger charge is -2.33. The van der Waals surface area contributed by atoms with Crippen molar-refractivity contribution in [3.63, 3.8) is 0 Å². The summed E-state index contributed by atoms with van der Waals surface area (Å²) in [6.45, 7) is 1.32. The van der Waals surface area contributed by atoms with E-state index in [-0.39, 0.29) is 12.0 Å². The Morgan fingerprint density at radius 3 is 2.80 bits per heavy atom. The van der Waals surface area contributed by atoms with Crippen LogP contribution in [0.1, 0.15) is 23.2 Å². The summed E-state index contributed by atoms with van der Waals surface area (Å²) in [6.07, 6.45) is 5.02. The Bertz CT molecular complexity index is 753. The minimum absolute atomic E-state index is 0.0604. The van der Waals surface area contributed by atoms with E-state index in [1.165, 1.54) is 0 Å². The molecule has 1 aromatic heterocycles. The summed E-state index contributed by atoms with van der Waals surface area (Å²) in [5, 5.41) is 0. The van der Waals surface area contributed by atoms with Gasteiger partial charge >= 0.3 is 0 Å². The molecule has 132 valence electrons. The van der Waals surface area contributed by atoms with Gasteiger partial charge in [0, 0.05) is 36.6 Å². The van der Waals surface area contributed by atoms with Crippen molar-refractivity contribution in [2.45, 2.75) is 18.9 Å². The van der Waals surface area contributed by atoms with Crippen molar-refractivity contribution < 1.29 is 9.53 Å². The van der Waals surface area contributed by atoms with E-state index < -0.39 is 0 Å². The van der Waals surface area contributed by atoms with E-state index >= 15 is 0 Å². The second kappa shape index (κ2) is 7.99. The number of rotatable bonds is 4. The minimum atomic E-state index is -0.0746. The van der Waals surface area contributed by atoms with Gasteiger partial charge in [-0.3, -0.25) is 4.79 Å². The summed E-state index contributed by atoms with van der Waals surface area (Å²) in [6, 6.07) is 7.67. The highest BCUT2D eigenvalue weighted by Crippen LogP contribution is 2.25. The number of carbonyl (C=O) groups excluding carboxylic acids is 1. The molecule has 1 saturated heterocycles. The zero-order chi connectivity index (χ0) is 17.8. The first-order valence-electron chi connectivity index (χ1n) is 8.25. The maximum atomic E-state index is 12.8. The number of halogens is 1. The molecule has 7 heteroatoms. The van der Waals surface area contributed by atoms with Gasteiger partial charge in [0.05, 0.1) is 12.1 Å². The molecule has 1 aliphatic rings. The second-order valence-corrected chi connectivity index (χ2v) is 7.35. The summed E-state index contributed by atoms with van der Waals surface area (Å²) in [5.41, 5.74) is 0.747. The zero-order valence-corrected chi connectivity index (χ0v) is 16.5. The van der Waals surface area contributed by atoms with E-state index in [0.29, 0.717) is 18.2 Å². The molecule has 3 rings (SSSR count). The normalized spacial score (nSPS) is 17.2. The number of nitrogens with zero attached hydrogens (tertiary/aromatic N) is 4. The molecule has 0 spiro atoms. The van der Waals surface area contributed by atoms with Gasteiger partial charge in [0.25, 0.3) is 11.8 Å². The summed E-state index contributed by atoms with van der Waals surface area (Å²) in [7, 11) is 3.82. The average Bonchev–Trinajstić information content (AvgIpc) is 2.62. The van der Waals surface area contributed by atoms with Gasteiger partial charge in [0.2, 0.25) is 0 Å². The number of amides is 1. The van der Waals surface area contributed by atoms with Crippen molar-refractivity contribution in [2.24, 2.45) is 0 Å². The first kappa shape index (κ1) is 17.9. The van der Waals surface area contributed by atoms with Crippen LogP contribution in [0.25, 0.3) is 0 Å². The smallest absolute Gasteiger partial charge is 0.257 e. The highest BCUT2D eigenvalue weighted by Gasteiger charge is 2.27. The first-order valence-corrected chi connectivity index (χ1v) is 9.33. The van der Waals surface area contributed by atoms with E-state index in [0.717, 1.165) is 28.5 Å². The minimum Gasteiger partial charge on any atom is -0.470 e. The predicted molar refractivity (Wildman–Crippen MR) is 105 cm³/mol. The predicted octanol–water partition coefficient (Wildman–Crippen LogP) is 2.83. The van der Waals surface area contributed by atoms with Crippen LogP contribution in [-0.2, 0) is 0 Å². The molecule has 0 N–H and O–H groups in total. The maximum Gasteiger partial charge on any atom is 0.257 e. The number of piperidine rings is 1. The molecular formula is C18H21IN4O2. The second-order valence-electron chi connectivity index (χ2n) is 6.19. The summed E-state index contributed by atoms with van der Waals surface area (Å²) in [4.78, 5) is 25.2. The van der Waals surface area contributed by atoms with Gasteiger partial charge in [-0.2, -0.15) is 0 Å². The largest absolute Gasteiger partial charge is 0.470 e.